The zero-order chi connectivity index (χ0) is 18.4. The highest BCUT2D eigenvalue weighted by molar-refractivity contribution is 7.21. The van der Waals surface area contributed by atoms with E-state index in [1.165, 1.54) is 6.92 Å². The van der Waals surface area contributed by atoms with E-state index in [0.29, 0.717) is 5.92 Å². The number of rotatable bonds is 2. The maximum atomic E-state index is 13.3. The molecule has 0 bridgehead atoms. The quantitative estimate of drug-likeness (QED) is 0.816. The number of carbonyl (C=O) groups is 1. The topological polar surface area (TPSA) is 68.0 Å². The van der Waals surface area contributed by atoms with Gasteiger partial charge in [-0.15, -0.1) is 11.3 Å². The number of anilines is 1. The average Bonchev–Trinajstić information content (AvgIpc) is 2.84. The molecule has 0 unspecified atom stereocenters. The van der Waals surface area contributed by atoms with Gasteiger partial charge >= 0.3 is 6.18 Å². The fraction of sp³-hybridized carbons (Fsp3) is 0.529. The summed E-state index contributed by atoms with van der Waals surface area (Å²) < 4.78 is 40.0. The largest absolute Gasteiger partial charge is 0.417 e. The van der Waals surface area contributed by atoms with E-state index in [4.69, 9.17) is 5.73 Å². The fourth-order valence-corrected chi connectivity index (χ4v) is 4.36. The molecule has 3 N–H and O–H groups in total. The molecule has 1 saturated carbocycles. The first-order valence-corrected chi connectivity index (χ1v) is 9.06. The molecule has 0 aromatic carbocycles. The molecule has 8 heteroatoms. The van der Waals surface area contributed by atoms with Gasteiger partial charge in [0.15, 0.2) is 0 Å². The van der Waals surface area contributed by atoms with Gasteiger partial charge in [0.25, 0.3) is 5.91 Å². The number of fused-ring (bicyclic) bond motifs is 1. The van der Waals surface area contributed by atoms with Crippen LogP contribution >= 0.6 is 11.3 Å². The van der Waals surface area contributed by atoms with Gasteiger partial charge in [0, 0.05) is 17.1 Å². The van der Waals surface area contributed by atoms with Gasteiger partial charge in [-0.1, -0.05) is 6.92 Å². The third kappa shape index (κ3) is 3.58. The Hall–Kier alpha value is -1.83. The predicted molar refractivity (Wildman–Crippen MR) is 92.7 cm³/mol. The number of aryl methyl sites for hydroxylation is 1. The van der Waals surface area contributed by atoms with Gasteiger partial charge in [0.1, 0.15) is 9.71 Å². The van der Waals surface area contributed by atoms with Crippen LogP contribution in [-0.4, -0.2) is 16.9 Å². The lowest BCUT2D eigenvalue weighted by atomic mass is 9.87. The van der Waals surface area contributed by atoms with Crippen molar-refractivity contribution in [2.75, 3.05) is 5.73 Å². The zero-order valence-electron chi connectivity index (χ0n) is 14.0. The average molecular weight is 371 g/mol. The molecule has 1 fully saturated rings. The summed E-state index contributed by atoms with van der Waals surface area (Å²) >= 11 is 0.917. The van der Waals surface area contributed by atoms with Gasteiger partial charge < -0.3 is 11.1 Å². The molecule has 0 saturated heterocycles. The summed E-state index contributed by atoms with van der Waals surface area (Å²) in [5, 5.41) is 2.74. The van der Waals surface area contributed by atoms with Gasteiger partial charge in [-0.3, -0.25) is 4.79 Å². The van der Waals surface area contributed by atoms with E-state index in [1.807, 2.05) is 0 Å². The van der Waals surface area contributed by atoms with Gasteiger partial charge in [0.2, 0.25) is 0 Å². The lowest BCUT2D eigenvalue weighted by Crippen LogP contribution is -2.37. The van der Waals surface area contributed by atoms with Crippen molar-refractivity contribution in [1.29, 1.82) is 0 Å². The van der Waals surface area contributed by atoms with Crippen molar-refractivity contribution in [3.63, 3.8) is 0 Å². The second-order valence-corrected chi connectivity index (χ2v) is 7.76. The molecule has 136 valence electrons. The van der Waals surface area contributed by atoms with Crippen LogP contribution in [0.5, 0.6) is 0 Å². The van der Waals surface area contributed by atoms with Gasteiger partial charge in [-0.2, -0.15) is 13.2 Å². The molecular weight excluding hydrogens is 351 g/mol. The lowest BCUT2D eigenvalue weighted by Gasteiger charge is -2.26. The van der Waals surface area contributed by atoms with Gasteiger partial charge in [-0.05, 0) is 44.6 Å². The van der Waals surface area contributed by atoms with E-state index >= 15 is 0 Å². The number of hydrogen-bond acceptors (Lipinski definition) is 4. The fourth-order valence-electron chi connectivity index (χ4n) is 3.29. The van der Waals surface area contributed by atoms with Crippen LogP contribution < -0.4 is 11.1 Å². The van der Waals surface area contributed by atoms with E-state index in [1.54, 1.807) is 0 Å². The molecule has 3 rings (SSSR count). The molecule has 0 radical (unpaired) electrons. The Bertz CT molecular complexity index is 808. The first-order chi connectivity index (χ1) is 11.7. The minimum atomic E-state index is -4.55. The van der Waals surface area contributed by atoms with Crippen molar-refractivity contribution < 1.29 is 18.0 Å². The lowest BCUT2D eigenvalue weighted by molar-refractivity contribution is -0.136. The maximum Gasteiger partial charge on any atom is 0.417 e. The van der Waals surface area contributed by atoms with Crippen LogP contribution in [0.2, 0.25) is 0 Å². The third-order valence-electron chi connectivity index (χ3n) is 4.69. The number of amides is 1. The first kappa shape index (κ1) is 18.0. The number of halogens is 3. The van der Waals surface area contributed by atoms with Crippen LogP contribution in [-0.2, 0) is 6.18 Å². The molecule has 0 atom stereocenters. The number of pyridine rings is 1. The maximum absolute atomic E-state index is 13.3. The van der Waals surface area contributed by atoms with Crippen molar-refractivity contribution in [3.05, 3.63) is 22.2 Å². The van der Waals surface area contributed by atoms with Crippen LogP contribution in [0.15, 0.2) is 6.07 Å². The zero-order valence-corrected chi connectivity index (χ0v) is 14.9. The normalized spacial score (nSPS) is 21.5. The Kier molecular flexibility index (Phi) is 4.66. The highest BCUT2D eigenvalue weighted by atomic mass is 32.1. The van der Waals surface area contributed by atoms with Crippen molar-refractivity contribution >= 4 is 33.1 Å². The molecule has 25 heavy (non-hydrogen) atoms. The summed E-state index contributed by atoms with van der Waals surface area (Å²) in [4.78, 5) is 16.9. The number of aromatic nitrogens is 1. The van der Waals surface area contributed by atoms with Gasteiger partial charge in [0.05, 0.1) is 11.3 Å². The van der Waals surface area contributed by atoms with Crippen molar-refractivity contribution in [1.82, 2.24) is 10.3 Å². The second-order valence-electron chi connectivity index (χ2n) is 6.76. The van der Waals surface area contributed by atoms with Crippen molar-refractivity contribution in [2.24, 2.45) is 5.92 Å². The number of thiophene rings is 1. The number of nitrogens with zero attached hydrogens (tertiary/aromatic N) is 1. The summed E-state index contributed by atoms with van der Waals surface area (Å²) in [5.41, 5.74) is 5.19. The first-order valence-electron chi connectivity index (χ1n) is 8.24. The number of nitrogens with one attached hydrogen (secondary N) is 1. The number of nitrogen functional groups attached to an aromatic ring is 1. The Labute approximate surface area is 147 Å². The molecule has 2 aromatic rings. The van der Waals surface area contributed by atoms with Crippen molar-refractivity contribution in [3.8, 4) is 0 Å². The SMILES string of the molecule is Cc1cc(C(F)(F)F)c2c(N)c(C(=O)N[C@H]3CC[C@H](C)CC3)sc2n1. The molecule has 2 heterocycles. The predicted octanol–water partition coefficient (Wildman–Crippen LogP) is 4.51. The number of carbonyl (C=O) groups excluding carboxylic acids is 1. The molecule has 4 nitrogen and oxygen atoms in total. The Morgan fingerprint density at radius 1 is 1.32 bits per heavy atom. The van der Waals surface area contributed by atoms with E-state index in [0.717, 1.165) is 43.1 Å². The van der Waals surface area contributed by atoms with Crippen LogP contribution in [0.25, 0.3) is 10.2 Å². The summed E-state index contributed by atoms with van der Waals surface area (Å²) in [6, 6.07) is 1.01. The number of nitrogens with two attached hydrogens (primary N) is 1. The Balaban J connectivity index is 1.95. The van der Waals surface area contributed by atoms with Crippen LogP contribution in [0.3, 0.4) is 0 Å². The van der Waals surface area contributed by atoms with Crippen molar-refractivity contribution in [2.45, 2.75) is 51.7 Å². The summed E-state index contributed by atoms with van der Waals surface area (Å²) in [6.45, 7) is 3.67. The number of hydrogen-bond donors (Lipinski definition) is 2. The van der Waals surface area contributed by atoms with E-state index in [2.05, 4.69) is 17.2 Å². The molecule has 0 spiro atoms. The van der Waals surface area contributed by atoms with Gasteiger partial charge in [-0.25, -0.2) is 4.98 Å². The monoisotopic (exact) mass is 371 g/mol. The van der Waals surface area contributed by atoms with Crippen LogP contribution in [0.4, 0.5) is 18.9 Å². The Morgan fingerprint density at radius 2 is 1.96 bits per heavy atom. The summed E-state index contributed by atoms with van der Waals surface area (Å²) in [6.07, 6.45) is -0.724. The number of alkyl halides is 3. The highest BCUT2D eigenvalue weighted by Crippen LogP contribution is 2.42. The van der Waals surface area contributed by atoms with E-state index < -0.39 is 17.6 Å². The molecule has 1 aliphatic rings. The highest BCUT2D eigenvalue weighted by Gasteiger charge is 2.36. The molecule has 2 aromatic heterocycles. The molecule has 1 amide bonds. The van der Waals surface area contributed by atoms with E-state index in [-0.39, 0.29) is 32.5 Å². The molecule has 0 aliphatic heterocycles. The minimum absolute atomic E-state index is 0.0464. The van der Waals surface area contributed by atoms with E-state index in [9.17, 15) is 18.0 Å². The van der Waals surface area contributed by atoms with Crippen LogP contribution in [0, 0.1) is 12.8 Å². The minimum Gasteiger partial charge on any atom is -0.397 e. The second kappa shape index (κ2) is 6.48. The molecular formula is C17H20F3N3OS. The standard InChI is InChI=1S/C17H20F3N3OS/c1-8-3-5-10(6-4-8)23-15(24)14-13(21)12-11(17(18,19)20)7-9(2)22-16(12)25-14/h7-8,10H,3-6,21H2,1-2H3,(H,23,24)/t8-,10-. The van der Waals surface area contributed by atoms with Crippen LogP contribution in [0.1, 0.15) is 53.5 Å². The Morgan fingerprint density at radius 3 is 2.56 bits per heavy atom. The smallest absolute Gasteiger partial charge is 0.397 e. The summed E-state index contributed by atoms with van der Waals surface area (Å²) in [5.74, 6) is 0.231. The molecule has 1 aliphatic carbocycles. The summed E-state index contributed by atoms with van der Waals surface area (Å²) in [7, 11) is 0. The third-order valence-corrected chi connectivity index (χ3v) is 5.79.